The molecule has 4 nitrogen and oxygen atoms in total. The van der Waals surface area contributed by atoms with Gasteiger partial charge in [0.1, 0.15) is 0 Å². The van der Waals surface area contributed by atoms with E-state index in [-0.39, 0.29) is 5.91 Å². The van der Waals surface area contributed by atoms with Crippen LogP contribution in [0.5, 0.6) is 0 Å². The summed E-state index contributed by atoms with van der Waals surface area (Å²) in [7, 11) is 1.81. The van der Waals surface area contributed by atoms with E-state index in [1.54, 1.807) is 11.1 Å². The lowest BCUT2D eigenvalue weighted by Gasteiger charge is -2.17. The molecule has 0 aliphatic carbocycles. The highest BCUT2D eigenvalue weighted by Gasteiger charge is 2.13. The molecule has 0 atom stereocenters. The third kappa shape index (κ3) is 4.52. The van der Waals surface area contributed by atoms with E-state index in [0.29, 0.717) is 36.1 Å². The highest BCUT2D eigenvalue weighted by Crippen LogP contribution is 2.28. The van der Waals surface area contributed by atoms with Crippen molar-refractivity contribution in [2.75, 3.05) is 7.05 Å². The van der Waals surface area contributed by atoms with Crippen LogP contribution in [0.1, 0.15) is 23.4 Å². The Morgan fingerprint density at radius 2 is 1.88 bits per heavy atom. The number of amides is 1. The van der Waals surface area contributed by atoms with Gasteiger partial charge >= 0.3 is 0 Å². The van der Waals surface area contributed by atoms with Crippen molar-refractivity contribution >= 4 is 17.5 Å². The average molecular weight is 369 g/mol. The molecule has 0 unspecified atom stereocenters. The SMILES string of the molecule is Cc1ccc(CN(C)C(=O)CCc2ncc(-c3ccccc3Cl)o2)cc1. The minimum absolute atomic E-state index is 0.0584. The molecular formula is C21H21ClN2O2. The van der Waals surface area contributed by atoms with E-state index in [1.807, 2.05) is 50.4 Å². The predicted molar refractivity (Wildman–Crippen MR) is 103 cm³/mol. The van der Waals surface area contributed by atoms with Gasteiger partial charge in [-0.3, -0.25) is 4.79 Å². The van der Waals surface area contributed by atoms with Crippen molar-refractivity contribution in [3.63, 3.8) is 0 Å². The first-order valence-corrected chi connectivity index (χ1v) is 8.90. The minimum Gasteiger partial charge on any atom is -0.441 e. The molecule has 1 heterocycles. The van der Waals surface area contributed by atoms with Crippen molar-refractivity contribution in [3.8, 4) is 11.3 Å². The first kappa shape index (κ1) is 18.2. The average Bonchev–Trinajstić information content (AvgIpc) is 3.10. The van der Waals surface area contributed by atoms with Gasteiger partial charge in [-0.05, 0) is 24.6 Å². The van der Waals surface area contributed by atoms with Crippen molar-refractivity contribution in [1.29, 1.82) is 0 Å². The zero-order valence-electron chi connectivity index (χ0n) is 14.9. The van der Waals surface area contributed by atoms with Gasteiger partial charge in [-0.1, -0.05) is 53.6 Å². The zero-order chi connectivity index (χ0) is 18.5. The Morgan fingerprint density at radius 1 is 1.15 bits per heavy atom. The monoisotopic (exact) mass is 368 g/mol. The number of carbonyl (C=O) groups excluding carboxylic acids is 1. The van der Waals surface area contributed by atoms with Gasteiger partial charge in [0.15, 0.2) is 11.7 Å². The molecule has 26 heavy (non-hydrogen) atoms. The van der Waals surface area contributed by atoms with Crippen molar-refractivity contribution in [1.82, 2.24) is 9.88 Å². The molecule has 3 aromatic rings. The third-order valence-corrected chi connectivity index (χ3v) is 4.54. The Hall–Kier alpha value is -2.59. The smallest absolute Gasteiger partial charge is 0.223 e. The van der Waals surface area contributed by atoms with E-state index in [4.69, 9.17) is 16.0 Å². The molecule has 0 aliphatic heterocycles. The molecule has 0 radical (unpaired) electrons. The first-order valence-electron chi connectivity index (χ1n) is 8.52. The van der Waals surface area contributed by atoms with Gasteiger partial charge in [0.05, 0.1) is 11.2 Å². The summed E-state index contributed by atoms with van der Waals surface area (Å²) in [5, 5.41) is 0.615. The molecule has 134 valence electrons. The van der Waals surface area contributed by atoms with E-state index in [1.165, 1.54) is 5.56 Å². The molecule has 1 aromatic heterocycles. The van der Waals surface area contributed by atoms with Crippen LogP contribution < -0.4 is 0 Å². The first-order chi connectivity index (χ1) is 12.5. The van der Waals surface area contributed by atoms with Crippen LogP contribution in [-0.4, -0.2) is 22.8 Å². The summed E-state index contributed by atoms with van der Waals surface area (Å²) in [4.78, 5) is 18.3. The summed E-state index contributed by atoms with van der Waals surface area (Å²) < 4.78 is 5.75. The maximum atomic E-state index is 12.4. The molecular weight excluding hydrogens is 348 g/mol. The van der Waals surface area contributed by atoms with Crippen LogP contribution in [0.15, 0.2) is 59.1 Å². The second-order valence-corrected chi connectivity index (χ2v) is 6.74. The third-order valence-electron chi connectivity index (χ3n) is 4.21. The second-order valence-electron chi connectivity index (χ2n) is 6.33. The van der Waals surface area contributed by atoms with Crippen LogP contribution in [-0.2, 0) is 17.8 Å². The Kier molecular flexibility index (Phi) is 5.74. The molecule has 0 fully saturated rings. The van der Waals surface area contributed by atoms with E-state index >= 15 is 0 Å². The number of rotatable bonds is 6. The standard InChI is InChI=1S/C21H21ClN2O2/c1-15-7-9-16(10-8-15)14-24(2)21(25)12-11-20-23-13-19(26-20)17-5-3-4-6-18(17)22/h3-10,13H,11-12,14H2,1-2H3. The highest BCUT2D eigenvalue weighted by molar-refractivity contribution is 6.33. The van der Waals surface area contributed by atoms with Gasteiger partial charge in [-0.25, -0.2) is 4.98 Å². The summed E-state index contributed by atoms with van der Waals surface area (Å²) in [5.41, 5.74) is 3.13. The van der Waals surface area contributed by atoms with E-state index in [0.717, 1.165) is 11.1 Å². The number of nitrogens with zero attached hydrogens (tertiary/aromatic N) is 2. The van der Waals surface area contributed by atoms with Gasteiger partial charge in [0, 0.05) is 32.0 Å². The zero-order valence-corrected chi connectivity index (χ0v) is 15.7. The fourth-order valence-corrected chi connectivity index (χ4v) is 2.90. The number of hydrogen-bond donors (Lipinski definition) is 0. The van der Waals surface area contributed by atoms with Gasteiger partial charge in [0.2, 0.25) is 5.91 Å². The molecule has 5 heteroatoms. The summed E-state index contributed by atoms with van der Waals surface area (Å²) >= 11 is 6.18. The summed E-state index contributed by atoms with van der Waals surface area (Å²) in [6, 6.07) is 15.6. The van der Waals surface area contributed by atoms with Crippen molar-refractivity contribution in [3.05, 3.63) is 76.8 Å². The van der Waals surface area contributed by atoms with E-state index < -0.39 is 0 Å². The highest BCUT2D eigenvalue weighted by atomic mass is 35.5. The molecule has 3 rings (SSSR count). The van der Waals surface area contributed by atoms with Crippen LogP contribution >= 0.6 is 11.6 Å². The Morgan fingerprint density at radius 3 is 2.62 bits per heavy atom. The molecule has 0 N–H and O–H groups in total. The molecule has 0 aliphatic rings. The van der Waals surface area contributed by atoms with E-state index in [2.05, 4.69) is 17.1 Å². The fraction of sp³-hybridized carbons (Fsp3) is 0.238. The fourth-order valence-electron chi connectivity index (χ4n) is 2.67. The Labute approximate surface area is 158 Å². The summed E-state index contributed by atoms with van der Waals surface area (Å²) in [5.74, 6) is 1.21. The van der Waals surface area contributed by atoms with Crippen molar-refractivity contribution in [2.45, 2.75) is 26.3 Å². The van der Waals surface area contributed by atoms with Crippen LogP contribution in [0.2, 0.25) is 5.02 Å². The normalized spacial score (nSPS) is 10.7. The van der Waals surface area contributed by atoms with Gasteiger partial charge < -0.3 is 9.32 Å². The van der Waals surface area contributed by atoms with E-state index in [9.17, 15) is 4.79 Å². The van der Waals surface area contributed by atoms with Crippen molar-refractivity contribution < 1.29 is 9.21 Å². The number of halogens is 1. The second kappa shape index (κ2) is 8.19. The van der Waals surface area contributed by atoms with Gasteiger partial charge in [-0.2, -0.15) is 0 Å². The Balaban J connectivity index is 1.56. The number of carbonyl (C=O) groups is 1. The molecule has 1 amide bonds. The van der Waals surface area contributed by atoms with Crippen LogP contribution in [0.3, 0.4) is 0 Å². The molecule has 0 saturated carbocycles. The maximum absolute atomic E-state index is 12.4. The lowest BCUT2D eigenvalue weighted by molar-refractivity contribution is -0.130. The summed E-state index contributed by atoms with van der Waals surface area (Å²) in [6.45, 7) is 2.64. The molecule has 0 saturated heterocycles. The predicted octanol–water partition coefficient (Wildman–Crippen LogP) is 4.89. The number of hydrogen-bond acceptors (Lipinski definition) is 3. The number of oxazole rings is 1. The topological polar surface area (TPSA) is 46.3 Å². The van der Waals surface area contributed by atoms with Crippen molar-refractivity contribution in [2.24, 2.45) is 0 Å². The molecule has 0 spiro atoms. The lowest BCUT2D eigenvalue weighted by atomic mass is 10.1. The van der Waals surface area contributed by atoms with Crippen LogP contribution in [0, 0.1) is 6.92 Å². The minimum atomic E-state index is 0.0584. The van der Waals surface area contributed by atoms with Crippen LogP contribution in [0.25, 0.3) is 11.3 Å². The number of aryl methyl sites for hydroxylation is 2. The molecule has 0 bridgehead atoms. The van der Waals surface area contributed by atoms with Gasteiger partial charge in [-0.15, -0.1) is 0 Å². The van der Waals surface area contributed by atoms with Gasteiger partial charge in [0.25, 0.3) is 0 Å². The number of benzene rings is 2. The quantitative estimate of drug-likeness (QED) is 0.622. The maximum Gasteiger partial charge on any atom is 0.223 e. The Bertz CT molecular complexity index is 887. The van der Waals surface area contributed by atoms with Crippen LogP contribution in [0.4, 0.5) is 0 Å². The molecule has 2 aromatic carbocycles. The summed E-state index contributed by atoms with van der Waals surface area (Å²) in [6.07, 6.45) is 2.46. The number of aromatic nitrogens is 1. The largest absolute Gasteiger partial charge is 0.441 e. The lowest BCUT2D eigenvalue weighted by Crippen LogP contribution is -2.26.